The van der Waals surface area contributed by atoms with E-state index in [1.54, 1.807) is 24.3 Å². The smallest absolute Gasteiger partial charge is 0.314 e. The van der Waals surface area contributed by atoms with Crippen molar-refractivity contribution in [1.82, 2.24) is 4.98 Å². The van der Waals surface area contributed by atoms with Crippen molar-refractivity contribution < 1.29 is 9.66 Å². The first-order chi connectivity index (χ1) is 7.77. The summed E-state index contributed by atoms with van der Waals surface area (Å²) in [6, 6.07) is 10.2. The van der Waals surface area contributed by atoms with Crippen LogP contribution >= 0.6 is 0 Å². The molecule has 0 radical (unpaired) electrons. The third kappa shape index (κ3) is 2.14. The molecule has 80 valence electrons. The van der Waals surface area contributed by atoms with Crippen LogP contribution < -0.4 is 4.74 Å². The summed E-state index contributed by atoms with van der Waals surface area (Å²) >= 11 is 0. The van der Waals surface area contributed by atoms with E-state index in [0.29, 0.717) is 5.75 Å². The fourth-order valence-corrected chi connectivity index (χ4v) is 1.22. The molecule has 0 N–H and O–H groups in total. The summed E-state index contributed by atoms with van der Waals surface area (Å²) in [7, 11) is 0. The Morgan fingerprint density at radius 2 is 1.94 bits per heavy atom. The van der Waals surface area contributed by atoms with Gasteiger partial charge in [-0.3, -0.25) is 15.1 Å². The molecule has 0 saturated heterocycles. The van der Waals surface area contributed by atoms with Crippen LogP contribution in [0.2, 0.25) is 0 Å². The molecule has 0 bridgehead atoms. The van der Waals surface area contributed by atoms with E-state index >= 15 is 0 Å². The Hall–Kier alpha value is -2.43. The molecule has 0 saturated carbocycles. The molecule has 0 spiro atoms. The number of nitrogens with zero attached hydrogens (tertiary/aromatic N) is 2. The van der Waals surface area contributed by atoms with Crippen LogP contribution in [0.25, 0.3) is 0 Å². The molecule has 0 aliphatic heterocycles. The first-order valence-corrected chi connectivity index (χ1v) is 4.58. The number of nitro groups is 1. The van der Waals surface area contributed by atoms with Gasteiger partial charge in [0.1, 0.15) is 5.75 Å². The highest BCUT2D eigenvalue weighted by molar-refractivity contribution is 5.45. The summed E-state index contributed by atoms with van der Waals surface area (Å²) in [5.41, 5.74) is -0.0983. The minimum atomic E-state index is -0.500. The summed E-state index contributed by atoms with van der Waals surface area (Å²) in [6.07, 6.45) is 2.68. The molecule has 5 heteroatoms. The van der Waals surface area contributed by atoms with Gasteiger partial charge in [0.15, 0.2) is 0 Å². The van der Waals surface area contributed by atoms with Gasteiger partial charge in [-0.1, -0.05) is 18.2 Å². The lowest BCUT2D eigenvalue weighted by molar-refractivity contribution is -0.385. The molecule has 0 aliphatic carbocycles. The third-order valence-electron chi connectivity index (χ3n) is 1.93. The van der Waals surface area contributed by atoms with E-state index in [9.17, 15) is 10.1 Å². The van der Waals surface area contributed by atoms with Crippen LogP contribution in [0.5, 0.6) is 11.5 Å². The summed E-state index contributed by atoms with van der Waals surface area (Å²) in [5.74, 6) is 0.678. The molecule has 16 heavy (non-hydrogen) atoms. The van der Waals surface area contributed by atoms with Crippen LogP contribution in [0.15, 0.2) is 48.8 Å². The number of para-hydroxylation sites is 1. The Morgan fingerprint density at radius 1 is 1.19 bits per heavy atom. The highest BCUT2D eigenvalue weighted by Crippen LogP contribution is 2.29. The van der Waals surface area contributed by atoms with Crippen LogP contribution in [0.4, 0.5) is 5.69 Å². The summed E-state index contributed by atoms with van der Waals surface area (Å²) in [5, 5.41) is 10.7. The van der Waals surface area contributed by atoms with Crippen molar-refractivity contribution in [3.8, 4) is 11.5 Å². The average Bonchev–Trinajstić information content (AvgIpc) is 2.31. The van der Waals surface area contributed by atoms with E-state index in [1.807, 2.05) is 6.07 Å². The summed E-state index contributed by atoms with van der Waals surface area (Å²) in [6.45, 7) is 0. The van der Waals surface area contributed by atoms with E-state index < -0.39 is 4.92 Å². The minimum Gasteiger partial charge on any atom is -0.448 e. The molecule has 0 unspecified atom stereocenters. The largest absolute Gasteiger partial charge is 0.448 e. The zero-order valence-electron chi connectivity index (χ0n) is 8.24. The van der Waals surface area contributed by atoms with Crippen molar-refractivity contribution in [1.29, 1.82) is 0 Å². The van der Waals surface area contributed by atoms with E-state index in [1.165, 1.54) is 18.5 Å². The Balaban J connectivity index is 2.31. The molecule has 0 fully saturated rings. The quantitative estimate of drug-likeness (QED) is 0.584. The van der Waals surface area contributed by atoms with Crippen LogP contribution in [0.1, 0.15) is 0 Å². The molecule has 0 amide bonds. The summed E-state index contributed by atoms with van der Waals surface area (Å²) in [4.78, 5) is 14.0. The predicted molar refractivity (Wildman–Crippen MR) is 57.4 cm³/mol. The zero-order chi connectivity index (χ0) is 11.4. The number of pyridine rings is 1. The van der Waals surface area contributed by atoms with Gasteiger partial charge in [-0.2, -0.15) is 0 Å². The maximum Gasteiger partial charge on any atom is 0.314 e. The lowest BCUT2D eigenvalue weighted by atomic mass is 10.3. The standard InChI is InChI=1S/C11H8N2O3/c14-13(15)10-6-7-12-8-11(10)16-9-4-2-1-3-5-9/h1-8H. The second-order valence-electron chi connectivity index (χ2n) is 3.02. The van der Waals surface area contributed by atoms with Crippen molar-refractivity contribution in [3.63, 3.8) is 0 Å². The Morgan fingerprint density at radius 3 is 2.62 bits per heavy atom. The number of aromatic nitrogens is 1. The van der Waals surface area contributed by atoms with Gasteiger partial charge in [0, 0.05) is 12.3 Å². The lowest BCUT2D eigenvalue weighted by Gasteiger charge is -2.04. The molecule has 1 heterocycles. The normalized spacial score (nSPS) is 9.75. The van der Waals surface area contributed by atoms with Gasteiger partial charge in [0.2, 0.25) is 5.75 Å². The molecule has 1 aromatic heterocycles. The van der Waals surface area contributed by atoms with Gasteiger partial charge < -0.3 is 4.74 Å². The molecular formula is C11H8N2O3. The minimum absolute atomic E-state index is 0.0983. The molecule has 2 aromatic rings. The van der Waals surface area contributed by atoms with Crippen molar-refractivity contribution in [2.24, 2.45) is 0 Å². The van der Waals surface area contributed by atoms with E-state index in [0.717, 1.165) is 0 Å². The van der Waals surface area contributed by atoms with Gasteiger partial charge >= 0.3 is 5.69 Å². The summed E-state index contributed by atoms with van der Waals surface area (Å²) < 4.78 is 5.37. The fourth-order valence-electron chi connectivity index (χ4n) is 1.22. The Bertz CT molecular complexity index is 500. The van der Waals surface area contributed by atoms with Gasteiger partial charge in [-0.15, -0.1) is 0 Å². The highest BCUT2D eigenvalue weighted by Gasteiger charge is 2.14. The van der Waals surface area contributed by atoms with Gasteiger partial charge in [0.05, 0.1) is 11.1 Å². The zero-order valence-corrected chi connectivity index (χ0v) is 8.24. The monoisotopic (exact) mass is 216 g/mol. The number of hydrogen-bond donors (Lipinski definition) is 0. The number of hydrogen-bond acceptors (Lipinski definition) is 4. The van der Waals surface area contributed by atoms with E-state index in [4.69, 9.17) is 4.74 Å². The van der Waals surface area contributed by atoms with Crippen LogP contribution in [-0.2, 0) is 0 Å². The highest BCUT2D eigenvalue weighted by atomic mass is 16.6. The van der Waals surface area contributed by atoms with Gasteiger partial charge in [0.25, 0.3) is 0 Å². The second-order valence-corrected chi connectivity index (χ2v) is 3.02. The predicted octanol–water partition coefficient (Wildman–Crippen LogP) is 2.78. The van der Waals surface area contributed by atoms with Crippen molar-refractivity contribution in [2.45, 2.75) is 0 Å². The van der Waals surface area contributed by atoms with Crippen molar-refractivity contribution in [3.05, 3.63) is 58.9 Å². The topological polar surface area (TPSA) is 65.3 Å². The van der Waals surface area contributed by atoms with Crippen LogP contribution in [-0.4, -0.2) is 9.91 Å². The second kappa shape index (κ2) is 4.39. The molecule has 1 aromatic carbocycles. The number of benzene rings is 1. The molecular weight excluding hydrogens is 208 g/mol. The van der Waals surface area contributed by atoms with Crippen molar-refractivity contribution >= 4 is 5.69 Å². The van der Waals surface area contributed by atoms with E-state index in [-0.39, 0.29) is 11.4 Å². The Labute approximate surface area is 91.5 Å². The lowest BCUT2D eigenvalue weighted by Crippen LogP contribution is -1.93. The SMILES string of the molecule is O=[N+]([O-])c1ccncc1Oc1ccccc1. The number of rotatable bonds is 3. The van der Waals surface area contributed by atoms with E-state index in [2.05, 4.69) is 4.98 Å². The molecule has 0 atom stereocenters. The molecule has 2 rings (SSSR count). The fraction of sp³-hybridized carbons (Fsp3) is 0. The van der Waals surface area contributed by atoms with Gasteiger partial charge in [-0.05, 0) is 12.1 Å². The maximum atomic E-state index is 10.7. The number of ether oxygens (including phenoxy) is 1. The molecule has 5 nitrogen and oxygen atoms in total. The van der Waals surface area contributed by atoms with Gasteiger partial charge in [-0.25, -0.2) is 0 Å². The third-order valence-corrected chi connectivity index (χ3v) is 1.93. The molecule has 0 aliphatic rings. The van der Waals surface area contributed by atoms with Crippen molar-refractivity contribution in [2.75, 3.05) is 0 Å². The van der Waals surface area contributed by atoms with Crippen LogP contribution in [0.3, 0.4) is 0 Å². The average molecular weight is 216 g/mol. The van der Waals surface area contributed by atoms with Crippen LogP contribution in [0, 0.1) is 10.1 Å². The maximum absolute atomic E-state index is 10.7. The first kappa shape index (κ1) is 10.1. The first-order valence-electron chi connectivity index (χ1n) is 4.58. The Kier molecular flexibility index (Phi) is 2.77.